The fraction of sp³-hybridized carbons (Fsp3) is 0.632. The van der Waals surface area contributed by atoms with Crippen molar-refractivity contribution in [3.63, 3.8) is 0 Å². The van der Waals surface area contributed by atoms with E-state index in [2.05, 4.69) is 27.3 Å². The van der Waals surface area contributed by atoms with Crippen LogP contribution in [-0.2, 0) is 6.42 Å². The second-order valence-corrected chi connectivity index (χ2v) is 7.41. The van der Waals surface area contributed by atoms with Crippen LogP contribution in [0, 0.1) is 5.41 Å². The summed E-state index contributed by atoms with van der Waals surface area (Å²) in [7, 11) is 0. The Balaban J connectivity index is 0.00000196. The summed E-state index contributed by atoms with van der Waals surface area (Å²) >= 11 is 0. The van der Waals surface area contributed by atoms with Crippen LogP contribution in [0.2, 0.25) is 0 Å². The van der Waals surface area contributed by atoms with Gasteiger partial charge in [0.1, 0.15) is 5.82 Å². The number of nitrogens with zero attached hydrogens (tertiary/aromatic N) is 5. The van der Waals surface area contributed by atoms with Crippen LogP contribution in [0.1, 0.15) is 44.9 Å². The maximum absolute atomic E-state index is 4.88. The van der Waals surface area contributed by atoms with E-state index in [0.29, 0.717) is 5.41 Å². The Morgan fingerprint density at radius 2 is 2.08 bits per heavy atom. The smallest absolute Gasteiger partial charge is 0.193 e. The summed E-state index contributed by atoms with van der Waals surface area (Å²) in [6.45, 7) is 6.10. The number of pyridine rings is 1. The number of hydrogen-bond donors (Lipinski definition) is 1. The minimum Gasteiger partial charge on any atom is -0.357 e. The van der Waals surface area contributed by atoms with Gasteiger partial charge in [-0.2, -0.15) is 0 Å². The molecule has 3 heterocycles. The monoisotopic (exact) mass is 468 g/mol. The van der Waals surface area contributed by atoms with E-state index < -0.39 is 0 Å². The third-order valence-corrected chi connectivity index (χ3v) is 5.72. The average molecular weight is 468 g/mol. The van der Waals surface area contributed by atoms with E-state index >= 15 is 0 Å². The second-order valence-electron chi connectivity index (χ2n) is 7.41. The molecule has 0 radical (unpaired) electrons. The Bertz CT molecular complexity index is 749. The maximum atomic E-state index is 4.88. The molecule has 2 aromatic rings. The number of guanidine groups is 1. The molecule has 1 aliphatic heterocycles. The standard InChI is InChI=1S/C19H28N6.HI/c1-2-20-18(24-14-11-19(15-24)9-4-5-10-19)21-12-8-17-23-22-16-7-3-6-13-25(16)17;/h3,6-7,13H,2,4-5,8-12,14-15H2,1H3,(H,20,21);1H. The summed E-state index contributed by atoms with van der Waals surface area (Å²) < 4.78 is 2.05. The summed E-state index contributed by atoms with van der Waals surface area (Å²) in [5.41, 5.74) is 1.47. The molecule has 0 amide bonds. The average Bonchev–Trinajstić information content (AvgIpc) is 3.36. The predicted molar refractivity (Wildman–Crippen MR) is 115 cm³/mol. The van der Waals surface area contributed by atoms with Crippen LogP contribution in [0.3, 0.4) is 0 Å². The van der Waals surface area contributed by atoms with Gasteiger partial charge in [-0.25, -0.2) is 0 Å². The largest absolute Gasteiger partial charge is 0.357 e. The van der Waals surface area contributed by atoms with Gasteiger partial charge in [0.25, 0.3) is 0 Å². The highest BCUT2D eigenvalue weighted by molar-refractivity contribution is 14.0. The van der Waals surface area contributed by atoms with Crippen LogP contribution in [0.4, 0.5) is 0 Å². The zero-order valence-corrected chi connectivity index (χ0v) is 17.9. The second kappa shape index (κ2) is 8.54. The molecule has 0 unspecified atom stereocenters. The molecular formula is C19H29IN6. The van der Waals surface area contributed by atoms with Crippen molar-refractivity contribution >= 4 is 35.6 Å². The highest BCUT2D eigenvalue weighted by atomic mass is 127. The van der Waals surface area contributed by atoms with Crippen LogP contribution in [-0.4, -0.2) is 51.6 Å². The fourth-order valence-electron chi connectivity index (χ4n) is 4.40. The van der Waals surface area contributed by atoms with E-state index in [4.69, 9.17) is 4.99 Å². The molecule has 2 aromatic heterocycles. The molecule has 6 nitrogen and oxygen atoms in total. The molecule has 4 rings (SSSR count). The van der Waals surface area contributed by atoms with Crippen molar-refractivity contribution in [1.29, 1.82) is 0 Å². The van der Waals surface area contributed by atoms with Crippen LogP contribution >= 0.6 is 24.0 Å². The topological polar surface area (TPSA) is 57.8 Å². The molecule has 1 aliphatic carbocycles. The first-order valence-corrected chi connectivity index (χ1v) is 9.62. The van der Waals surface area contributed by atoms with Gasteiger partial charge in [0, 0.05) is 38.8 Å². The molecule has 1 spiro atoms. The summed E-state index contributed by atoms with van der Waals surface area (Å²) in [6, 6.07) is 5.98. The number of hydrogen-bond acceptors (Lipinski definition) is 3. The molecule has 2 fully saturated rings. The number of aliphatic imine (C=N–C) groups is 1. The molecule has 26 heavy (non-hydrogen) atoms. The Labute approximate surface area is 172 Å². The predicted octanol–water partition coefficient (Wildman–Crippen LogP) is 3.12. The van der Waals surface area contributed by atoms with Gasteiger partial charge < -0.3 is 10.2 Å². The lowest BCUT2D eigenvalue weighted by molar-refractivity contribution is 0.309. The van der Waals surface area contributed by atoms with Gasteiger partial charge in [-0.1, -0.05) is 18.9 Å². The van der Waals surface area contributed by atoms with Crippen LogP contribution in [0.25, 0.3) is 5.65 Å². The first-order valence-electron chi connectivity index (χ1n) is 9.62. The van der Waals surface area contributed by atoms with Crippen molar-refractivity contribution in [2.45, 2.75) is 45.4 Å². The van der Waals surface area contributed by atoms with Gasteiger partial charge >= 0.3 is 0 Å². The summed E-state index contributed by atoms with van der Waals surface area (Å²) in [6.07, 6.45) is 9.75. The third-order valence-electron chi connectivity index (χ3n) is 5.72. The van der Waals surface area contributed by atoms with Crippen molar-refractivity contribution in [2.24, 2.45) is 10.4 Å². The Morgan fingerprint density at radius 1 is 1.23 bits per heavy atom. The molecule has 1 saturated heterocycles. The number of halogens is 1. The highest BCUT2D eigenvalue weighted by Gasteiger charge is 2.41. The molecule has 7 heteroatoms. The van der Waals surface area contributed by atoms with Crippen LogP contribution in [0.15, 0.2) is 29.4 Å². The van der Waals surface area contributed by atoms with Crippen molar-refractivity contribution in [3.05, 3.63) is 30.2 Å². The van der Waals surface area contributed by atoms with Crippen molar-refractivity contribution in [2.75, 3.05) is 26.2 Å². The van der Waals surface area contributed by atoms with Crippen molar-refractivity contribution < 1.29 is 0 Å². The number of aromatic nitrogens is 3. The lowest BCUT2D eigenvalue weighted by atomic mass is 9.86. The Morgan fingerprint density at radius 3 is 2.88 bits per heavy atom. The third kappa shape index (κ3) is 3.97. The van der Waals surface area contributed by atoms with Crippen molar-refractivity contribution in [1.82, 2.24) is 24.8 Å². The van der Waals surface area contributed by atoms with E-state index in [0.717, 1.165) is 43.5 Å². The SMILES string of the molecule is CCNC(=NCCc1nnc2ccccn12)N1CCC2(CCCC2)C1.I. The Kier molecular flexibility index (Phi) is 6.37. The van der Waals surface area contributed by atoms with E-state index in [9.17, 15) is 0 Å². The first-order chi connectivity index (χ1) is 12.3. The molecule has 142 valence electrons. The van der Waals surface area contributed by atoms with Gasteiger partial charge in [0.15, 0.2) is 11.6 Å². The number of nitrogens with one attached hydrogen (secondary N) is 1. The van der Waals surface area contributed by atoms with Crippen LogP contribution in [0.5, 0.6) is 0 Å². The normalized spacial score (nSPS) is 19.3. The summed E-state index contributed by atoms with van der Waals surface area (Å²) in [5.74, 6) is 2.05. The molecule has 2 aliphatic rings. The Hall–Kier alpha value is -1.38. The minimum atomic E-state index is 0. The number of rotatable bonds is 4. The van der Waals surface area contributed by atoms with Crippen LogP contribution < -0.4 is 5.32 Å². The quantitative estimate of drug-likeness (QED) is 0.426. The van der Waals surface area contributed by atoms with Gasteiger partial charge in [-0.3, -0.25) is 9.39 Å². The van der Waals surface area contributed by atoms with Gasteiger partial charge in [0.2, 0.25) is 0 Å². The van der Waals surface area contributed by atoms with Gasteiger partial charge in [-0.15, -0.1) is 34.2 Å². The van der Waals surface area contributed by atoms with E-state index in [-0.39, 0.29) is 24.0 Å². The fourth-order valence-corrected chi connectivity index (χ4v) is 4.40. The van der Waals surface area contributed by atoms with E-state index in [1.54, 1.807) is 0 Å². The molecule has 0 atom stereocenters. The zero-order valence-electron chi connectivity index (χ0n) is 15.5. The number of likely N-dealkylation sites (tertiary alicyclic amines) is 1. The minimum absolute atomic E-state index is 0. The summed E-state index contributed by atoms with van der Waals surface area (Å²) in [5, 5.41) is 12.0. The zero-order chi connectivity index (χ0) is 17.1. The maximum Gasteiger partial charge on any atom is 0.193 e. The molecular weight excluding hydrogens is 439 g/mol. The van der Waals surface area contributed by atoms with Gasteiger partial charge in [0.05, 0.1) is 0 Å². The van der Waals surface area contributed by atoms with E-state index in [1.165, 1.54) is 38.6 Å². The van der Waals surface area contributed by atoms with Crippen molar-refractivity contribution in [3.8, 4) is 0 Å². The highest BCUT2D eigenvalue weighted by Crippen LogP contribution is 2.45. The van der Waals surface area contributed by atoms with Gasteiger partial charge in [-0.05, 0) is 43.7 Å². The molecule has 1 N–H and O–H groups in total. The van der Waals surface area contributed by atoms with E-state index in [1.807, 2.05) is 28.8 Å². The molecule has 0 aromatic carbocycles. The molecule has 1 saturated carbocycles. The lowest BCUT2D eigenvalue weighted by Gasteiger charge is -2.25. The lowest BCUT2D eigenvalue weighted by Crippen LogP contribution is -2.41. The summed E-state index contributed by atoms with van der Waals surface area (Å²) in [4.78, 5) is 7.35. The first kappa shape index (κ1) is 19.4. The molecule has 0 bridgehead atoms. The number of fused-ring (bicyclic) bond motifs is 1.